The molecule has 0 saturated heterocycles. The van der Waals surface area contributed by atoms with E-state index in [-0.39, 0.29) is 11.2 Å². The van der Waals surface area contributed by atoms with E-state index < -0.39 is 12.9 Å². The van der Waals surface area contributed by atoms with Gasteiger partial charge in [0.25, 0.3) is 0 Å². The molecule has 0 atom stereocenters. The SMILES string of the molecule is OB(O)c1ccc(OCCCNC2CCCCC2)c(F)c1. The first-order chi connectivity index (χ1) is 10.2. The van der Waals surface area contributed by atoms with Crippen LogP contribution < -0.4 is 15.5 Å². The lowest BCUT2D eigenvalue weighted by atomic mass is 9.80. The molecule has 1 fully saturated rings. The second-order valence-corrected chi connectivity index (χ2v) is 5.55. The van der Waals surface area contributed by atoms with Gasteiger partial charge in [-0.15, -0.1) is 0 Å². The first kappa shape index (κ1) is 16.3. The minimum absolute atomic E-state index is 0.124. The molecular formula is C15H23BFNO3. The molecule has 0 unspecified atom stereocenters. The summed E-state index contributed by atoms with van der Waals surface area (Å²) in [5.74, 6) is -0.419. The van der Waals surface area contributed by atoms with Gasteiger partial charge in [0.2, 0.25) is 0 Å². The summed E-state index contributed by atoms with van der Waals surface area (Å²) >= 11 is 0. The van der Waals surface area contributed by atoms with Gasteiger partial charge in [0.05, 0.1) is 6.61 Å². The Kier molecular flexibility index (Phi) is 6.48. The van der Waals surface area contributed by atoms with Gasteiger partial charge >= 0.3 is 7.12 Å². The van der Waals surface area contributed by atoms with E-state index in [0.717, 1.165) is 19.0 Å². The third-order valence-corrected chi connectivity index (χ3v) is 3.87. The van der Waals surface area contributed by atoms with E-state index in [1.807, 2.05) is 0 Å². The van der Waals surface area contributed by atoms with Crippen LogP contribution in [-0.4, -0.2) is 36.4 Å². The second kappa shape index (κ2) is 8.36. The maximum absolute atomic E-state index is 13.6. The molecule has 1 aliphatic rings. The predicted octanol–water partition coefficient (Wildman–Crippen LogP) is 1.20. The number of halogens is 1. The van der Waals surface area contributed by atoms with E-state index in [9.17, 15) is 4.39 Å². The monoisotopic (exact) mass is 295 g/mol. The highest BCUT2D eigenvalue weighted by molar-refractivity contribution is 6.58. The number of nitrogens with one attached hydrogen (secondary N) is 1. The number of hydrogen-bond donors (Lipinski definition) is 3. The summed E-state index contributed by atoms with van der Waals surface area (Å²) in [6.07, 6.45) is 7.28. The molecule has 0 aliphatic heterocycles. The van der Waals surface area contributed by atoms with Crippen LogP contribution in [0.2, 0.25) is 0 Å². The average molecular weight is 295 g/mol. The third-order valence-electron chi connectivity index (χ3n) is 3.87. The van der Waals surface area contributed by atoms with Gasteiger partial charge in [-0.05, 0) is 43.4 Å². The van der Waals surface area contributed by atoms with Crippen LogP contribution in [0.3, 0.4) is 0 Å². The summed E-state index contributed by atoms with van der Waals surface area (Å²) in [7, 11) is -1.66. The second-order valence-electron chi connectivity index (χ2n) is 5.55. The van der Waals surface area contributed by atoms with Crippen LogP contribution in [-0.2, 0) is 0 Å². The highest BCUT2D eigenvalue weighted by Gasteiger charge is 2.14. The molecule has 116 valence electrons. The van der Waals surface area contributed by atoms with Gasteiger partial charge in [-0.2, -0.15) is 0 Å². The third kappa shape index (κ3) is 5.30. The maximum Gasteiger partial charge on any atom is 0.488 e. The van der Waals surface area contributed by atoms with Gasteiger partial charge in [-0.3, -0.25) is 0 Å². The summed E-state index contributed by atoms with van der Waals surface area (Å²) in [5.41, 5.74) is 0.124. The average Bonchev–Trinajstić information content (AvgIpc) is 2.49. The molecule has 0 bridgehead atoms. The van der Waals surface area contributed by atoms with Gasteiger partial charge in [-0.1, -0.05) is 25.3 Å². The van der Waals surface area contributed by atoms with Crippen LogP contribution in [0.1, 0.15) is 38.5 Å². The Balaban J connectivity index is 1.66. The van der Waals surface area contributed by atoms with Gasteiger partial charge in [0, 0.05) is 6.04 Å². The van der Waals surface area contributed by atoms with Crippen LogP contribution >= 0.6 is 0 Å². The summed E-state index contributed by atoms with van der Waals surface area (Å²) in [5, 5.41) is 21.4. The standard InChI is InChI=1S/C15H23BFNO3/c17-14-11-12(16(19)20)7-8-15(14)21-10-4-9-18-13-5-2-1-3-6-13/h7-8,11,13,18-20H,1-6,9-10H2. The van der Waals surface area contributed by atoms with Crippen molar-refractivity contribution in [3.8, 4) is 5.75 Å². The molecule has 2 rings (SSSR count). The van der Waals surface area contributed by atoms with Crippen molar-refractivity contribution in [3.05, 3.63) is 24.0 Å². The molecule has 0 radical (unpaired) electrons. The highest BCUT2D eigenvalue weighted by Crippen LogP contribution is 2.17. The molecule has 0 amide bonds. The largest absolute Gasteiger partial charge is 0.490 e. The van der Waals surface area contributed by atoms with Crippen molar-refractivity contribution in [3.63, 3.8) is 0 Å². The normalized spacial score (nSPS) is 16.0. The zero-order valence-electron chi connectivity index (χ0n) is 12.2. The Hall–Kier alpha value is -1.11. The van der Waals surface area contributed by atoms with Crippen molar-refractivity contribution in [1.82, 2.24) is 5.32 Å². The van der Waals surface area contributed by atoms with Crippen LogP contribution in [0.25, 0.3) is 0 Å². The van der Waals surface area contributed by atoms with E-state index in [0.29, 0.717) is 12.6 Å². The van der Waals surface area contributed by atoms with Gasteiger partial charge in [0.15, 0.2) is 11.6 Å². The molecule has 3 N–H and O–H groups in total. The van der Waals surface area contributed by atoms with Gasteiger partial charge in [-0.25, -0.2) is 4.39 Å². The van der Waals surface area contributed by atoms with E-state index in [4.69, 9.17) is 14.8 Å². The summed E-state index contributed by atoms with van der Waals surface area (Å²) in [4.78, 5) is 0. The van der Waals surface area contributed by atoms with E-state index in [1.54, 1.807) is 0 Å². The van der Waals surface area contributed by atoms with Crippen LogP contribution in [0.15, 0.2) is 18.2 Å². The Bertz CT molecular complexity index is 439. The molecule has 1 aliphatic carbocycles. The topological polar surface area (TPSA) is 61.7 Å². The molecule has 0 aromatic heterocycles. The number of benzene rings is 1. The molecule has 6 heteroatoms. The van der Waals surface area contributed by atoms with Crippen molar-refractivity contribution in [2.45, 2.75) is 44.6 Å². The smallest absolute Gasteiger partial charge is 0.488 e. The van der Waals surface area contributed by atoms with Crippen molar-refractivity contribution in [2.75, 3.05) is 13.2 Å². The highest BCUT2D eigenvalue weighted by atomic mass is 19.1. The minimum atomic E-state index is -1.66. The molecule has 1 aromatic rings. The summed E-state index contributed by atoms with van der Waals surface area (Å²) in [6, 6.07) is 4.59. The Morgan fingerprint density at radius 2 is 2.00 bits per heavy atom. The molecule has 0 heterocycles. The molecule has 1 aromatic carbocycles. The zero-order valence-corrected chi connectivity index (χ0v) is 12.2. The number of hydrogen-bond acceptors (Lipinski definition) is 4. The lowest BCUT2D eigenvalue weighted by molar-refractivity contribution is 0.285. The first-order valence-corrected chi connectivity index (χ1v) is 7.68. The lowest BCUT2D eigenvalue weighted by Gasteiger charge is -2.22. The van der Waals surface area contributed by atoms with E-state index >= 15 is 0 Å². The fourth-order valence-electron chi connectivity index (χ4n) is 2.66. The van der Waals surface area contributed by atoms with E-state index in [2.05, 4.69) is 5.32 Å². The van der Waals surface area contributed by atoms with Gasteiger partial charge in [0.1, 0.15) is 0 Å². The molecule has 1 saturated carbocycles. The number of rotatable bonds is 7. The van der Waals surface area contributed by atoms with Crippen molar-refractivity contribution in [1.29, 1.82) is 0 Å². The predicted molar refractivity (Wildman–Crippen MR) is 81.2 cm³/mol. The fourth-order valence-corrected chi connectivity index (χ4v) is 2.66. The van der Waals surface area contributed by atoms with Crippen molar-refractivity contribution in [2.24, 2.45) is 0 Å². The summed E-state index contributed by atoms with van der Waals surface area (Å²) < 4.78 is 19.0. The molecule has 4 nitrogen and oxygen atoms in total. The molecule has 21 heavy (non-hydrogen) atoms. The molecule has 0 spiro atoms. The number of ether oxygens (including phenoxy) is 1. The van der Waals surface area contributed by atoms with Crippen LogP contribution in [0, 0.1) is 5.82 Å². The van der Waals surface area contributed by atoms with Crippen LogP contribution in [0.4, 0.5) is 4.39 Å². The Morgan fingerprint density at radius 3 is 2.67 bits per heavy atom. The lowest BCUT2D eigenvalue weighted by Crippen LogP contribution is -2.32. The summed E-state index contributed by atoms with van der Waals surface area (Å²) in [6.45, 7) is 1.32. The fraction of sp³-hybridized carbons (Fsp3) is 0.600. The van der Waals surface area contributed by atoms with E-state index in [1.165, 1.54) is 44.2 Å². The van der Waals surface area contributed by atoms with Crippen molar-refractivity contribution >= 4 is 12.6 Å². The first-order valence-electron chi connectivity index (χ1n) is 7.68. The Morgan fingerprint density at radius 1 is 1.24 bits per heavy atom. The van der Waals surface area contributed by atoms with Crippen molar-refractivity contribution < 1.29 is 19.2 Å². The van der Waals surface area contributed by atoms with Crippen LogP contribution in [0.5, 0.6) is 5.75 Å². The Labute approximate surface area is 125 Å². The minimum Gasteiger partial charge on any atom is -0.490 e. The quantitative estimate of drug-likeness (QED) is 0.522. The maximum atomic E-state index is 13.6. The molecular weight excluding hydrogens is 272 g/mol. The van der Waals surface area contributed by atoms with Gasteiger partial charge < -0.3 is 20.1 Å². The zero-order chi connectivity index (χ0) is 15.1.